The summed E-state index contributed by atoms with van der Waals surface area (Å²) >= 11 is 0. The van der Waals surface area contributed by atoms with Crippen LogP contribution in [0.25, 0.3) is 0 Å². The molecule has 0 aliphatic carbocycles. The highest BCUT2D eigenvalue weighted by molar-refractivity contribution is 5.78. The van der Waals surface area contributed by atoms with Crippen molar-refractivity contribution in [1.29, 1.82) is 0 Å². The minimum absolute atomic E-state index is 0.0842. The van der Waals surface area contributed by atoms with Crippen LogP contribution in [-0.2, 0) is 16.0 Å². The Balaban J connectivity index is 2.40. The summed E-state index contributed by atoms with van der Waals surface area (Å²) in [6.45, 7) is 1.04. The average Bonchev–Trinajstić information content (AvgIpc) is 2.28. The molecule has 0 spiro atoms. The molecule has 17 heavy (non-hydrogen) atoms. The lowest BCUT2D eigenvalue weighted by Crippen LogP contribution is -2.27. The van der Waals surface area contributed by atoms with E-state index < -0.39 is 11.6 Å². The largest absolute Gasteiger partial charge is 0.385 e. The maximum Gasteiger partial charge on any atom is 0.224 e. The molecule has 0 fully saturated rings. The van der Waals surface area contributed by atoms with Crippen molar-refractivity contribution in [3.63, 3.8) is 0 Å². The van der Waals surface area contributed by atoms with Gasteiger partial charge in [0.05, 0.1) is 6.42 Å². The van der Waals surface area contributed by atoms with E-state index in [0.717, 1.165) is 12.1 Å². The third-order valence-electron chi connectivity index (χ3n) is 2.21. The summed E-state index contributed by atoms with van der Waals surface area (Å²) in [5.74, 6) is -1.63. The van der Waals surface area contributed by atoms with Crippen LogP contribution in [0, 0.1) is 11.6 Å². The lowest BCUT2D eigenvalue weighted by atomic mass is 10.1. The molecule has 1 rings (SSSR count). The van der Waals surface area contributed by atoms with Crippen molar-refractivity contribution >= 4 is 5.91 Å². The van der Waals surface area contributed by atoms with Gasteiger partial charge in [0.25, 0.3) is 0 Å². The molecule has 1 amide bonds. The van der Waals surface area contributed by atoms with Crippen molar-refractivity contribution in [3.8, 4) is 0 Å². The van der Waals surface area contributed by atoms with Gasteiger partial charge in [-0.3, -0.25) is 4.79 Å². The van der Waals surface area contributed by atoms with Gasteiger partial charge in [0.2, 0.25) is 5.91 Å². The Hall–Kier alpha value is -1.49. The van der Waals surface area contributed by atoms with Gasteiger partial charge in [-0.15, -0.1) is 0 Å². The third kappa shape index (κ3) is 4.91. The minimum atomic E-state index is -0.697. The van der Waals surface area contributed by atoms with Crippen LogP contribution in [0.15, 0.2) is 18.2 Å². The fraction of sp³-hybridized carbons (Fsp3) is 0.417. The van der Waals surface area contributed by atoms with Gasteiger partial charge in [-0.1, -0.05) is 6.07 Å². The minimum Gasteiger partial charge on any atom is -0.385 e. The molecule has 1 aromatic rings. The molecule has 94 valence electrons. The first kappa shape index (κ1) is 13.6. The van der Waals surface area contributed by atoms with Crippen molar-refractivity contribution in [3.05, 3.63) is 35.4 Å². The molecule has 0 unspecified atom stereocenters. The van der Waals surface area contributed by atoms with Gasteiger partial charge < -0.3 is 10.1 Å². The number of halogens is 2. The van der Waals surface area contributed by atoms with Gasteiger partial charge >= 0.3 is 0 Å². The van der Waals surface area contributed by atoms with E-state index in [2.05, 4.69) is 5.32 Å². The second kappa shape index (κ2) is 6.96. The second-order valence-electron chi connectivity index (χ2n) is 3.61. The third-order valence-corrected chi connectivity index (χ3v) is 2.21. The summed E-state index contributed by atoms with van der Waals surface area (Å²) in [4.78, 5) is 11.4. The van der Waals surface area contributed by atoms with Gasteiger partial charge in [0.1, 0.15) is 11.6 Å². The highest BCUT2D eigenvalue weighted by atomic mass is 19.1. The van der Waals surface area contributed by atoms with Crippen LogP contribution in [0.4, 0.5) is 8.78 Å². The predicted octanol–water partition coefficient (Wildman–Crippen LogP) is 1.66. The first-order valence-electron chi connectivity index (χ1n) is 5.33. The van der Waals surface area contributed by atoms with Gasteiger partial charge in [-0.25, -0.2) is 8.78 Å². The normalized spacial score (nSPS) is 10.3. The van der Waals surface area contributed by atoms with E-state index in [1.165, 1.54) is 6.07 Å². The van der Waals surface area contributed by atoms with Crippen molar-refractivity contribution in [2.24, 2.45) is 0 Å². The highest BCUT2D eigenvalue weighted by Gasteiger charge is 2.08. The Morgan fingerprint density at radius 3 is 2.82 bits per heavy atom. The molecule has 0 atom stereocenters. The quantitative estimate of drug-likeness (QED) is 0.772. The van der Waals surface area contributed by atoms with E-state index in [0.29, 0.717) is 19.6 Å². The Morgan fingerprint density at radius 1 is 1.41 bits per heavy atom. The highest BCUT2D eigenvalue weighted by Crippen LogP contribution is 2.09. The lowest BCUT2D eigenvalue weighted by Gasteiger charge is -2.05. The first-order chi connectivity index (χ1) is 8.13. The Kier molecular flexibility index (Phi) is 5.56. The van der Waals surface area contributed by atoms with Crippen LogP contribution in [0.1, 0.15) is 12.0 Å². The van der Waals surface area contributed by atoms with Crippen molar-refractivity contribution < 1.29 is 18.3 Å². The van der Waals surface area contributed by atoms with E-state index >= 15 is 0 Å². The van der Waals surface area contributed by atoms with Crippen LogP contribution in [0.3, 0.4) is 0 Å². The summed E-state index contributed by atoms with van der Waals surface area (Å²) in [7, 11) is 1.58. The van der Waals surface area contributed by atoms with Gasteiger partial charge in [-0.2, -0.15) is 0 Å². The number of nitrogens with one attached hydrogen (secondary N) is 1. The maximum atomic E-state index is 13.2. The maximum absolute atomic E-state index is 13.2. The topological polar surface area (TPSA) is 38.3 Å². The predicted molar refractivity (Wildman–Crippen MR) is 59.6 cm³/mol. The Morgan fingerprint density at radius 2 is 2.18 bits per heavy atom. The van der Waals surface area contributed by atoms with Crippen LogP contribution in [0.5, 0.6) is 0 Å². The number of carbonyl (C=O) groups excluding carboxylic acids is 1. The molecule has 1 aromatic carbocycles. The van der Waals surface area contributed by atoms with E-state index in [-0.39, 0.29) is 17.9 Å². The fourth-order valence-corrected chi connectivity index (χ4v) is 1.34. The number of hydrogen-bond donors (Lipinski definition) is 1. The zero-order valence-corrected chi connectivity index (χ0v) is 9.63. The number of rotatable bonds is 6. The number of methoxy groups -OCH3 is 1. The summed E-state index contributed by atoms with van der Waals surface area (Å²) in [5.41, 5.74) is 0.190. The molecule has 0 heterocycles. The average molecular weight is 243 g/mol. The van der Waals surface area contributed by atoms with Crippen molar-refractivity contribution in [2.45, 2.75) is 12.8 Å². The monoisotopic (exact) mass is 243 g/mol. The lowest BCUT2D eigenvalue weighted by molar-refractivity contribution is -0.120. The van der Waals surface area contributed by atoms with Crippen LogP contribution in [0.2, 0.25) is 0 Å². The zero-order chi connectivity index (χ0) is 12.7. The summed E-state index contributed by atoms with van der Waals surface area (Å²) in [6, 6.07) is 3.18. The molecule has 1 N–H and O–H groups in total. The number of benzene rings is 1. The Bertz CT molecular complexity index is 383. The molecule has 0 saturated carbocycles. The standard InChI is InChI=1S/C12H15F2NO2/c1-17-6-2-5-15-12(16)7-9-3-4-10(13)8-11(9)14/h3-4,8H,2,5-7H2,1H3,(H,15,16). The second-order valence-corrected chi connectivity index (χ2v) is 3.61. The summed E-state index contributed by atoms with van der Waals surface area (Å²) in [5, 5.41) is 2.63. The molecule has 5 heteroatoms. The first-order valence-corrected chi connectivity index (χ1v) is 5.33. The van der Waals surface area contributed by atoms with Crippen LogP contribution in [-0.4, -0.2) is 26.2 Å². The number of carbonyl (C=O) groups is 1. The van der Waals surface area contributed by atoms with Crippen LogP contribution >= 0.6 is 0 Å². The Labute approximate surface area is 98.8 Å². The van der Waals surface area contributed by atoms with E-state index in [4.69, 9.17) is 4.74 Å². The number of amides is 1. The molecule has 0 radical (unpaired) electrons. The SMILES string of the molecule is COCCCNC(=O)Cc1ccc(F)cc1F. The van der Waals surface area contributed by atoms with E-state index in [1.807, 2.05) is 0 Å². The molecule has 0 aromatic heterocycles. The molecule has 0 aliphatic rings. The van der Waals surface area contributed by atoms with Gasteiger partial charge in [0, 0.05) is 26.3 Å². The fourth-order valence-electron chi connectivity index (χ4n) is 1.34. The molecular weight excluding hydrogens is 228 g/mol. The number of ether oxygens (including phenoxy) is 1. The van der Waals surface area contributed by atoms with Crippen molar-refractivity contribution in [1.82, 2.24) is 5.32 Å². The van der Waals surface area contributed by atoms with Crippen molar-refractivity contribution in [2.75, 3.05) is 20.3 Å². The molecule has 0 bridgehead atoms. The van der Waals surface area contributed by atoms with Crippen LogP contribution < -0.4 is 5.32 Å². The van der Waals surface area contributed by atoms with Gasteiger partial charge in [-0.05, 0) is 18.1 Å². The molecule has 0 saturated heterocycles. The van der Waals surface area contributed by atoms with Gasteiger partial charge in [0.15, 0.2) is 0 Å². The molecule has 3 nitrogen and oxygen atoms in total. The smallest absolute Gasteiger partial charge is 0.224 e. The van der Waals surface area contributed by atoms with E-state index in [9.17, 15) is 13.6 Å². The zero-order valence-electron chi connectivity index (χ0n) is 9.63. The molecular formula is C12H15F2NO2. The molecule has 0 aliphatic heterocycles. The number of hydrogen-bond acceptors (Lipinski definition) is 2. The van der Waals surface area contributed by atoms with E-state index in [1.54, 1.807) is 7.11 Å². The summed E-state index contributed by atoms with van der Waals surface area (Å²) < 4.78 is 30.7. The summed E-state index contributed by atoms with van der Waals surface area (Å²) in [6.07, 6.45) is 0.618.